The van der Waals surface area contributed by atoms with Gasteiger partial charge in [0.1, 0.15) is 4.99 Å². The standard InChI is InChI=1S/C14H14BrN3S/c1-2-9-7-10(15)3-5-12(9)18-11-4-6-13(14(16)19)17-8-11/h3-8,18H,2H2,1H3,(H2,16,19). The molecule has 1 aromatic carbocycles. The summed E-state index contributed by atoms with van der Waals surface area (Å²) in [4.78, 5) is 4.52. The van der Waals surface area contributed by atoms with Gasteiger partial charge in [-0.25, -0.2) is 0 Å². The second-order valence-corrected chi connectivity index (χ2v) is 5.43. The Labute approximate surface area is 126 Å². The van der Waals surface area contributed by atoms with Crippen molar-refractivity contribution >= 4 is 44.5 Å². The molecule has 0 aliphatic heterocycles. The van der Waals surface area contributed by atoms with Crippen LogP contribution in [0.5, 0.6) is 0 Å². The molecular weight excluding hydrogens is 322 g/mol. The van der Waals surface area contributed by atoms with Gasteiger partial charge >= 0.3 is 0 Å². The zero-order valence-electron chi connectivity index (χ0n) is 10.5. The van der Waals surface area contributed by atoms with Crippen molar-refractivity contribution in [1.29, 1.82) is 0 Å². The lowest BCUT2D eigenvalue weighted by molar-refractivity contribution is 1.14. The molecule has 0 saturated carbocycles. The molecule has 2 rings (SSSR count). The Morgan fingerprint density at radius 3 is 2.74 bits per heavy atom. The molecule has 5 heteroatoms. The fourth-order valence-corrected chi connectivity index (χ4v) is 2.28. The summed E-state index contributed by atoms with van der Waals surface area (Å²) in [5.41, 5.74) is 9.39. The zero-order chi connectivity index (χ0) is 13.8. The van der Waals surface area contributed by atoms with Crippen LogP contribution in [0.3, 0.4) is 0 Å². The van der Waals surface area contributed by atoms with Crippen molar-refractivity contribution in [2.75, 3.05) is 5.32 Å². The van der Waals surface area contributed by atoms with Crippen LogP contribution in [0.15, 0.2) is 41.0 Å². The molecule has 0 atom stereocenters. The van der Waals surface area contributed by atoms with Crippen molar-refractivity contribution in [2.45, 2.75) is 13.3 Å². The summed E-state index contributed by atoms with van der Waals surface area (Å²) in [5.74, 6) is 0. The summed E-state index contributed by atoms with van der Waals surface area (Å²) in [5, 5.41) is 3.35. The number of rotatable bonds is 4. The minimum atomic E-state index is 0.310. The van der Waals surface area contributed by atoms with Crippen LogP contribution in [0.4, 0.5) is 11.4 Å². The van der Waals surface area contributed by atoms with E-state index in [0.29, 0.717) is 10.7 Å². The quantitative estimate of drug-likeness (QED) is 0.834. The van der Waals surface area contributed by atoms with Gasteiger partial charge in [0.15, 0.2) is 0 Å². The van der Waals surface area contributed by atoms with Gasteiger partial charge in [0.25, 0.3) is 0 Å². The second-order valence-electron chi connectivity index (χ2n) is 4.08. The molecule has 3 N–H and O–H groups in total. The van der Waals surface area contributed by atoms with Gasteiger partial charge in [-0.05, 0) is 42.3 Å². The Balaban J connectivity index is 2.23. The molecule has 0 fully saturated rings. The van der Waals surface area contributed by atoms with Crippen molar-refractivity contribution < 1.29 is 0 Å². The number of hydrogen-bond acceptors (Lipinski definition) is 3. The number of aromatic nitrogens is 1. The number of thiocarbonyl (C=S) groups is 1. The monoisotopic (exact) mass is 335 g/mol. The van der Waals surface area contributed by atoms with Crippen LogP contribution in [0.25, 0.3) is 0 Å². The third-order valence-electron chi connectivity index (χ3n) is 2.74. The number of nitrogens with two attached hydrogens (primary N) is 1. The maximum atomic E-state index is 5.52. The Morgan fingerprint density at radius 1 is 1.37 bits per heavy atom. The molecule has 0 saturated heterocycles. The summed E-state index contributed by atoms with van der Waals surface area (Å²) in [6, 6.07) is 9.90. The first-order chi connectivity index (χ1) is 9.10. The lowest BCUT2D eigenvalue weighted by Crippen LogP contribution is -2.11. The lowest BCUT2D eigenvalue weighted by Gasteiger charge is -2.11. The van der Waals surface area contributed by atoms with Crippen molar-refractivity contribution in [2.24, 2.45) is 5.73 Å². The van der Waals surface area contributed by atoms with Gasteiger partial charge in [-0.1, -0.05) is 35.1 Å². The number of halogens is 1. The minimum Gasteiger partial charge on any atom is -0.388 e. The molecule has 1 heterocycles. The SMILES string of the molecule is CCc1cc(Br)ccc1Nc1ccc(C(N)=S)nc1. The number of nitrogens with zero attached hydrogens (tertiary/aromatic N) is 1. The van der Waals surface area contributed by atoms with E-state index in [1.54, 1.807) is 6.20 Å². The summed E-state index contributed by atoms with van der Waals surface area (Å²) in [6.45, 7) is 2.13. The predicted molar refractivity (Wildman–Crippen MR) is 86.9 cm³/mol. The van der Waals surface area contributed by atoms with Gasteiger partial charge in [-0.15, -0.1) is 0 Å². The molecule has 1 aromatic heterocycles. The molecule has 0 spiro atoms. The molecule has 98 valence electrons. The van der Waals surface area contributed by atoms with Crippen LogP contribution in [0.2, 0.25) is 0 Å². The third-order valence-corrected chi connectivity index (χ3v) is 3.45. The van der Waals surface area contributed by atoms with Crippen molar-refractivity contribution in [3.05, 3.63) is 52.3 Å². The highest BCUT2D eigenvalue weighted by molar-refractivity contribution is 9.10. The third kappa shape index (κ3) is 3.52. The van der Waals surface area contributed by atoms with Gasteiger partial charge in [0.2, 0.25) is 0 Å². The van der Waals surface area contributed by atoms with Crippen LogP contribution in [0.1, 0.15) is 18.2 Å². The lowest BCUT2D eigenvalue weighted by atomic mass is 10.1. The fourth-order valence-electron chi connectivity index (χ4n) is 1.75. The molecule has 0 bridgehead atoms. The molecule has 0 unspecified atom stereocenters. The van der Waals surface area contributed by atoms with Gasteiger partial charge in [0.05, 0.1) is 17.6 Å². The topological polar surface area (TPSA) is 50.9 Å². The highest BCUT2D eigenvalue weighted by atomic mass is 79.9. The highest BCUT2D eigenvalue weighted by Crippen LogP contribution is 2.24. The Kier molecular flexibility index (Phi) is 4.50. The van der Waals surface area contributed by atoms with Gasteiger partial charge in [0, 0.05) is 10.2 Å². The first-order valence-electron chi connectivity index (χ1n) is 5.91. The summed E-state index contributed by atoms with van der Waals surface area (Å²) in [7, 11) is 0. The number of hydrogen-bond donors (Lipinski definition) is 2. The predicted octanol–water partition coefficient (Wildman–Crippen LogP) is 3.78. The Bertz CT molecular complexity index is 596. The van der Waals surface area contributed by atoms with Gasteiger partial charge in [-0.2, -0.15) is 0 Å². The molecule has 3 nitrogen and oxygen atoms in total. The first-order valence-corrected chi connectivity index (χ1v) is 7.11. The van der Waals surface area contributed by atoms with Crippen LogP contribution < -0.4 is 11.1 Å². The summed E-state index contributed by atoms with van der Waals surface area (Å²) < 4.78 is 1.08. The van der Waals surface area contributed by atoms with E-state index in [0.717, 1.165) is 22.3 Å². The van der Waals surface area contributed by atoms with Crippen LogP contribution >= 0.6 is 28.1 Å². The average molecular weight is 336 g/mol. The Morgan fingerprint density at radius 2 is 2.16 bits per heavy atom. The first kappa shape index (κ1) is 14.0. The number of aryl methyl sites for hydroxylation is 1. The van der Waals surface area contributed by atoms with E-state index in [9.17, 15) is 0 Å². The van der Waals surface area contributed by atoms with Crippen molar-refractivity contribution in [1.82, 2.24) is 4.98 Å². The molecule has 0 aliphatic carbocycles. The largest absolute Gasteiger partial charge is 0.388 e. The Hall–Kier alpha value is -1.46. The number of anilines is 2. The molecule has 2 aromatic rings. The molecule has 19 heavy (non-hydrogen) atoms. The van der Waals surface area contributed by atoms with E-state index in [4.69, 9.17) is 18.0 Å². The van der Waals surface area contributed by atoms with Crippen LogP contribution in [0, 0.1) is 0 Å². The van der Waals surface area contributed by atoms with E-state index in [1.807, 2.05) is 24.3 Å². The van der Waals surface area contributed by atoms with Crippen molar-refractivity contribution in [3.63, 3.8) is 0 Å². The molecule has 0 radical (unpaired) electrons. The minimum absolute atomic E-state index is 0.310. The van der Waals surface area contributed by atoms with Crippen LogP contribution in [-0.2, 0) is 6.42 Å². The second kappa shape index (κ2) is 6.12. The summed E-state index contributed by atoms with van der Waals surface area (Å²) in [6.07, 6.45) is 2.69. The van der Waals surface area contributed by atoms with E-state index < -0.39 is 0 Å². The van der Waals surface area contributed by atoms with E-state index >= 15 is 0 Å². The summed E-state index contributed by atoms with van der Waals surface area (Å²) >= 11 is 8.36. The van der Waals surface area contributed by atoms with E-state index in [1.165, 1.54) is 5.56 Å². The maximum absolute atomic E-state index is 5.52. The van der Waals surface area contributed by atoms with E-state index in [-0.39, 0.29) is 0 Å². The van der Waals surface area contributed by atoms with Gasteiger partial charge < -0.3 is 11.1 Å². The smallest absolute Gasteiger partial charge is 0.122 e. The normalized spacial score (nSPS) is 10.2. The fraction of sp³-hybridized carbons (Fsp3) is 0.143. The molecular formula is C14H14BrN3S. The zero-order valence-corrected chi connectivity index (χ0v) is 12.9. The highest BCUT2D eigenvalue weighted by Gasteiger charge is 2.03. The average Bonchev–Trinajstić information content (AvgIpc) is 2.41. The van der Waals surface area contributed by atoms with Gasteiger partial charge in [-0.3, -0.25) is 4.98 Å². The maximum Gasteiger partial charge on any atom is 0.122 e. The molecule has 0 aliphatic rings. The van der Waals surface area contributed by atoms with Crippen molar-refractivity contribution in [3.8, 4) is 0 Å². The van der Waals surface area contributed by atoms with E-state index in [2.05, 4.69) is 39.2 Å². The molecule has 0 amide bonds. The van der Waals surface area contributed by atoms with Crippen LogP contribution in [-0.4, -0.2) is 9.97 Å². The number of benzene rings is 1. The number of nitrogens with one attached hydrogen (secondary N) is 1. The number of pyridine rings is 1.